The van der Waals surface area contributed by atoms with E-state index in [-0.39, 0.29) is 5.75 Å². The quantitative estimate of drug-likeness (QED) is 0.750. The lowest BCUT2D eigenvalue weighted by Crippen LogP contribution is -2.24. The van der Waals surface area contributed by atoms with E-state index in [0.29, 0.717) is 0 Å². The van der Waals surface area contributed by atoms with Gasteiger partial charge in [-0.2, -0.15) is 11.8 Å². The summed E-state index contributed by atoms with van der Waals surface area (Å²) in [5.41, 5.74) is 3.61. The van der Waals surface area contributed by atoms with Crippen molar-refractivity contribution < 1.29 is 9.90 Å². The second-order valence-corrected chi connectivity index (χ2v) is 4.35. The van der Waals surface area contributed by atoms with Crippen molar-refractivity contribution in [2.45, 2.75) is 19.6 Å². The fourth-order valence-electron chi connectivity index (χ4n) is 1.40. The molecule has 0 atom stereocenters. The van der Waals surface area contributed by atoms with Crippen molar-refractivity contribution in [3.63, 3.8) is 0 Å². The molecule has 0 aliphatic rings. The number of carbonyl (C=O) groups is 1. The number of aliphatic carboxylic acids is 1. The minimum atomic E-state index is -1.00. The van der Waals surface area contributed by atoms with Crippen LogP contribution >= 0.6 is 11.8 Å². The molecule has 1 rings (SSSR count). The number of carboxylic acids is 1. The predicted molar refractivity (Wildman–Crippen MR) is 57.1 cm³/mol. The van der Waals surface area contributed by atoms with Gasteiger partial charge in [0.2, 0.25) is 0 Å². The highest BCUT2D eigenvalue weighted by Gasteiger charge is 1.96. The molecule has 3 heteroatoms. The van der Waals surface area contributed by atoms with Gasteiger partial charge in [0.25, 0.3) is 0 Å². The zero-order valence-corrected chi connectivity index (χ0v) is 9.19. The molecule has 0 N–H and O–H groups in total. The zero-order chi connectivity index (χ0) is 10.6. The van der Waals surface area contributed by atoms with E-state index < -0.39 is 5.97 Å². The summed E-state index contributed by atoms with van der Waals surface area (Å²) in [6.45, 7) is 4.08. The normalized spacial score (nSPS) is 10.1. The lowest BCUT2D eigenvalue weighted by molar-refractivity contribution is -0.301. The van der Waals surface area contributed by atoms with Crippen LogP contribution in [0, 0.1) is 13.8 Å². The smallest absolute Gasteiger partial charge is 0.0513 e. The summed E-state index contributed by atoms with van der Waals surface area (Å²) < 4.78 is 0. The van der Waals surface area contributed by atoms with E-state index >= 15 is 0 Å². The van der Waals surface area contributed by atoms with Crippen molar-refractivity contribution >= 4 is 17.7 Å². The molecule has 2 nitrogen and oxygen atoms in total. The largest absolute Gasteiger partial charge is 0.549 e. The van der Waals surface area contributed by atoms with Gasteiger partial charge in [-0.25, -0.2) is 0 Å². The van der Waals surface area contributed by atoms with Gasteiger partial charge in [-0.05, 0) is 19.4 Å². The summed E-state index contributed by atoms with van der Waals surface area (Å²) in [5, 5.41) is 10.2. The van der Waals surface area contributed by atoms with E-state index in [1.54, 1.807) is 0 Å². The first kappa shape index (κ1) is 11.1. The molecule has 0 spiro atoms. The van der Waals surface area contributed by atoms with Gasteiger partial charge >= 0.3 is 0 Å². The molecular weight excluding hydrogens is 196 g/mol. The van der Waals surface area contributed by atoms with E-state index in [9.17, 15) is 9.90 Å². The number of thioether (sulfide) groups is 1. The van der Waals surface area contributed by atoms with Crippen LogP contribution in [0.1, 0.15) is 16.7 Å². The van der Waals surface area contributed by atoms with E-state index in [2.05, 4.69) is 18.2 Å². The Hall–Kier alpha value is -0.960. The third-order valence-electron chi connectivity index (χ3n) is 1.77. The Labute approximate surface area is 88.3 Å². The number of benzene rings is 1. The maximum Gasteiger partial charge on any atom is 0.0513 e. The summed E-state index contributed by atoms with van der Waals surface area (Å²) in [5.74, 6) is -0.205. The van der Waals surface area contributed by atoms with Gasteiger partial charge in [0.15, 0.2) is 0 Å². The molecule has 76 valence electrons. The highest BCUT2D eigenvalue weighted by molar-refractivity contribution is 7.99. The second kappa shape index (κ2) is 5.05. The standard InChI is InChI=1S/C11H14O2S/c1-8-3-9(2)5-10(4-8)6-14-7-11(12)13/h3-5H,6-7H2,1-2H3,(H,12,13)/p-1. The molecule has 0 radical (unpaired) electrons. The Kier molecular flexibility index (Phi) is 4.01. The fourth-order valence-corrected chi connectivity index (χ4v) is 2.08. The van der Waals surface area contributed by atoms with Crippen molar-refractivity contribution in [3.8, 4) is 0 Å². The molecule has 0 heterocycles. The molecule has 0 bridgehead atoms. The monoisotopic (exact) mass is 209 g/mol. The molecule has 0 amide bonds. The maximum atomic E-state index is 10.2. The first-order valence-electron chi connectivity index (χ1n) is 4.42. The molecule has 0 aromatic heterocycles. The summed E-state index contributed by atoms with van der Waals surface area (Å²) in [7, 11) is 0. The van der Waals surface area contributed by atoms with Gasteiger partial charge in [-0.1, -0.05) is 29.3 Å². The van der Waals surface area contributed by atoms with Gasteiger partial charge in [-0.3, -0.25) is 0 Å². The molecule has 14 heavy (non-hydrogen) atoms. The summed E-state index contributed by atoms with van der Waals surface area (Å²) >= 11 is 1.37. The predicted octanol–water partition coefficient (Wildman–Crippen LogP) is 1.29. The number of rotatable bonds is 4. The Morgan fingerprint density at radius 2 is 1.86 bits per heavy atom. The summed E-state index contributed by atoms with van der Waals surface area (Å²) in [4.78, 5) is 10.2. The van der Waals surface area contributed by atoms with Crippen molar-refractivity contribution in [1.29, 1.82) is 0 Å². The SMILES string of the molecule is Cc1cc(C)cc(CSCC(=O)[O-])c1. The van der Waals surface area contributed by atoms with Crippen LogP contribution in [0.25, 0.3) is 0 Å². The van der Waals surface area contributed by atoms with Crippen LogP contribution in [-0.2, 0) is 10.5 Å². The zero-order valence-electron chi connectivity index (χ0n) is 8.37. The number of carboxylic acid groups (broad SMARTS) is 1. The lowest BCUT2D eigenvalue weighted by Gasteiger charge is -2.05. The fraction of sp³-hybridized carbons (Fsp3) is 0.364. The number of hydrogen-bond acceptors (Lipinski definition) is 3. The van der Waals surface area contributed by atoms with Crippen LogP contribution in [-0.4, -0.2) is 11.7 Å². The van der Waals surface area contributed by atoms with E-state index in [1.807, 2.05) is 13.8 Å². The van der Waals surface area contributed by atoms with Crippen LogP contribution < -0.4 is 5.11 Å². The van der Waals surface area contributed by atoms with Gasteiger partial charge < -0.3 is 9.90 Å². The first-order valence-corrected chi connectivity index (χ1v) is 5.58. The molecule has 0 unspecified atom stereocenters. The van der Waals surface area contributed by atoms with Crippen molar-refractivity contribution in [2.24, 2.45) is 0 Å². The third-order valence-corrected chi connectivity index (χ3v) is 2.75. The minimum absolute atomic E-state index is 0.0625. The van der Waals surface area contributed by atoms with Crippen LogP contribution in [0.15, 0.2) is 18.2 Å². The average molecular weight is 209 g/mol. The Morgan fingerprint density at radius 3 is 2.36 bits per heavy atom. The van der Waals surface area contributed by atoms with Crippen LogP contribution in [0.4, 0.5) is 0 Å². The van der Waals surface area contributed by atoms with Gasteiger partial charge in [-0.15, -0.1) is 0 Å². The van der Waals surface area contributed by atoms with Crippen molar-refractivity contribution in [2.75, 3.05) is 5.75 Å². The topological polar surface area (TPSA) is 40.1 Å². The van der Waals surface area contributed by atoms with Crippen LogP contribution in [0.3, 0.4) is 0 Å². The van der Waals surface area contributed by atoms with Gasteiger partial charge in [0.1, 0.15) is 0 Å². The van der Waals surface area contributed by atoms with Crippen LogP contribution in [0.5, 0.6) is 0 Å². The average Bonchev–Trinajstić information content (AvgIpc) is 2.01. The van der Waals surface area contributed by atoms with E-state index in [1.165, 1.54) is 28.5 Å². The van der Waals surface area contributed by atoms with Crippen LogP contribution in [0.2, 0.25) is 0 Å². The number of carbonyl (C=O) groups excluding carboxylic acids is 1. The molecule has 0 aliphatic carbocycles. The summed E-state index contributed by atoms with van der Waals surface area (Å²) in [6, 6.07) is 6.26. The molecular formula is C11H13O2S-. The Morgan fingerprint density at radius 1 is 1.29 bits per heavy atom. The van der Waals surface area contributed by atoms with E-state index in [4.69, 9.17) is 0 Å². The number of hydrogen-bond donors (Lipinski definition) is 0. The number of aryl methyl sites for hydroxylation is 2. The molecule has 0 fully saturated rings. The maximum absolute atomic E-state index is 10.2. The van der Waals surface area contributed by atoms with Crippen molar-refractivity contribution in [3.05, 3.63) is 34.9 Å². The van der Waals surface area contributed by atoms with Gasteiger partial charge in [0, 0.05) is 11.5 Å². The lowest BCUT2D eigenvalue weighted by atomic mass is 10.1. The molecule has 0 saturated heterocycles. The summed E-state index contributed by atoms with van der Waals surface area (Å²) in [6.07, 6.45) is 0. The molecule has 0 aliphatic heterocycles. The molecule has 1 aromatic rings. The minimum Gasteiger partial charge on any atom is -0.549 e. The second-order valence-electron chi connectivity index (χ2n) is 3.36. The molecule has 0 saturated carbocycles. The van der Waals surface area contributed by atoms with E-state index in [0.717, 1.165) is 5.75 Å². The third kappa shape index (κ3) is 3.83. The highest BCUT2D eigenvalue weighted by Crippen LogP contribution is 2.15. The Bertz CT molecular complexity index is 314. The van der Waals surface area contributed by atoms with Crippen molar-refractivity contribution in [1.82, 2.24) is 0 Å². The first-order chi connectivity index (χ1) is 6.58. The van der Waals surface area contributed by atoms with Gasteiger partial charge in [0.05, 0.1) is 5.97 Å². The highest BCUT2D eigenvalue weighted by atomic mass is 32.2. The Balaban J connectivity index is 2.54. The molecule has 1 aromatic carbocycles.